The highest BCUT2D eigenvalue weighted by molar-refractivity contribution is 7.90. The molecule has 0 amide bonds. The van der Waals surface area contributed by atoms with Gasteiger partial charge in [-0.2, -0.15) is 0 Å². The first-order chi connectivity index (χ1) is 9.50. The second kappa shape index (κ2) is 5.41. The molecule has 0 aliphatic carbocycles. The van der Waals surface area contributed by atoms with Gasteiger partial charge in [-0.3, -0.25) is 0 Å². The number of aryl methyl sites for hydroxylation is 1. The summed E-state index contributed by atoms with van der Waals surface area (Å²) in [5, 5.41) is 0. The van der Waals surface area contributed by atoms with Gasteiger partial charge in [-0.25, -0.2) is 8.42 Å². The topological polar surface area (TPSA) is 52.6 Å². The summed E-state index contributed by atoms with van der Waals surface area (Å²) in [6.45, 7) is 8.06. The smallest absolute Gasteiger partial charge is 0.399 e. The van der Waals surface area contributed by atoms with E-state index in [0.717, 1.165) is 11.0 Å². The highest BCUT2D eigenvalue weighted by atomic mass is 32.2. The largest absolute Gasteiger partial charge is 0.494 e. The van der Waals surface area contributed by atoms with Crippen LogP contribution in [-0.4, -0.2) is 38.7 Å². The SMILES string of the molecule is CC1(C)OB(c2cccc(CCS(C)(=O)=O)c2)OC1(C)C. The van der Waals surface area contributed by atoms with Crippen molar-refractivity contribution in [3.63, 3.8) is 0 Å². The molecule has 0 aromatic heterocycles. The van der Waals surface area contributed by atoms with Gasteiger partial charge in [0.1, 0.15) is 9.84 Å². The quantitative estimate of drug-likeness (QED) is 0.792. The maximum atomic E-state index is 11.3. The Hall–Kier alpha value is -0.845. The van der Waals surface area contributed by atoms with E-state index in [1.54, 1.807) is 0 Å². The highest BCUT2D eigenvalue weighted by Crippen LogP contribution is 2.36. The van der Waals surface area contributed by atoms with Crippen LogP contribution < -0.4 is 5.46 Å². The first-order valence-electron chi connectivity index (χ1n) is 7.12. The zero-order chi connectivity index (χ0) is 15.9. The Morgan fingerprint density at radius 2 is 1.67 bits per heavy atom. The van der Waals surface area contributed by atoms with E-state index in [1.165, 1.54) is 6.26 Å². The third-order valence-corrected chi connectivity index (χ3v) is 5.18. The van der Waals surface area contributed by atoms with Gasteiger partial charge < -0.3 is 9.31 Å². The fraction of sp³-hybridized carbons (Fsp3) is 0.600. The van der Waals surface area contributed by atoms with Gasteiger partial charge >= 0.3 is 7.12 Å². The first kappa shape index (κ1) is 16.5. The molecule has 0 bridgehead atoms. The first-order valence-corrected chi connectivity index (χ1v) is 9.18. The maximum Gasteiger partial charge on any atom is 0.494 e. The predicted molar refractivity (Wildman–Crippen MR) is 85.6 cm³/mol. The van der Waals surface area contributed by atoms with Crippen LogP contribution in [0.3, 0.4) is 0 Å². The molecule has 1 aromatic carbocycles. The molecule has 0 radical (unpaired) electrons. The van der Waals surface area contributed by atoms with Crippen molar-refractivity contribution >= 4 is 22.4 Å². The van der Waals surface area contributed by atoms with Crippen LogP contribution in [0.4, 0.5) is 0 Å². The van der Waals surface area contributed by atoms with Crippen molar-refractivity contribution in [2.75, 3.05) is 12.0 Å². The van der Waals surface area contributed by atoms with Crippen LogP contribution in [0.15, 0.2) is 24.3 Å². The molecule has 0 saturated carbocycles. The molecular formula is C15H23BO4S. The minimum Gasteiger partial charge on any atom is -0.399 e. The molecule has 1 fully saturated rings. The van der Waals surface area contributed by atoms with Gasteiger partial charge in [0.2, 0.25) is 0 Å². The van der Waals surface area contributed by atoms with Crippen LogP contribution in [0.1, 0.15) is 33.3 Å². The van der Waals surface area contributed by atoms with E-state index in [1.807, 2.05) is 52.0 Å². The second-order valence-electron chi connectivity index (χ2n) is 6.71. The summed E-state index contributed by atoms with van der Waals surface area (Å²) in [4.78, 5) is 0. The van der Waals surface area contributed by atoms with E-state index >= 15 is 0 Å². The van der Waals surface area contributed by atoms with Gasteiger partial charge in [-0.1, -0.05) is 24.3 Å². The Morgan fingerprint density at radius 3 is 2.19 bits per heavy atom. The van der Waals surface area contributed by atoms with Crippen LogP contribution in [0.25, 0.3) is 0 Å². The number of sulfone groups is 1. The lowest BCUT2D eigenvalue weighted by molar-refractivity contribution is 0.00578. The van der Waals surface area contributed by atoms with Crippen LogP contribution >= 0.6 is 0 Å². The average Bonchev–Trinajstić information content (AvgIpc) is 2.56. The van der Waals surface area contributed by atoms with Crippen molar-refractivity contribution in [2.45, 2.75) is 45.3 Å². The molecule has 21 heavy (non-hydrogen) atoms. The molecule has 1 heterocycles. The van der Waals surface area contributed by atoms with E-state index in [2.05, 4.69) is 0 Å². The lowest BCUT2D eigenvalue weighted by atomic mass is 9.78. The molecular weight excluding hydrogens is 287 g/mol. The molecule has 0 unspecified atom stereocenters. The normalized spacial score (nSPS) is 20.7. The summed E-state index contributed by atoms with van der Waals surface area (Å²) in [6, 6.07) is 7.76. The number of rotatable bonds is 4. The summed E-state index contributed by atoms with van der Waals surface area (Å²) in [5.41, 5.74) is 1.16. The Morgan fingerprint density at radius 1 is 1.10 bits per heavy atom. The van der Waals surface area contributed by atoms with Gasteiger partial charge in [-0.05, 0) is 45.1 Å². The zero-order valence-electron chi connectivity index (χ0n) is 13.3. The van der Waals surface area contributed by atoms with Crippen molar-refractivity contribution in [2.24, 2.45) is 0 Å². The van der Waals surface area contributed by atoms with Crippen molar-refractivity contribution in [3.05, 3.63) is 29.8 Å². The van der Waals surface area contributed by atoms with Crippen LogP contribution in [0.2, 0.25) is 0 Å². The van der Waals surface area contributed by atoms with E-state index < -0.39 is 17.0 Å². The third-order valence-electron chi connectivity index (χ3n) is 4.24. The van der Waals surface area contributed by atoms with Crippen LogP contribution in [0.5, 0.6) is 0 Å². The maximum absolute atomic E-state index is 11.3. The predicted octanol–water partition coefficient (Wildman–Crippen LogP) is 1.57. The van der Waals surface area contributed by atoms with Gasteiger partial charge in [-0.15, -0.1) is 0 Å². The summed E-state index contributed by atoms with van der Waals surface area (Å²) in [6.07, 6.45) is 1.76. The van der Waals surface area contributed by atoms with Gasteiger partial charge in [0.05, 0.1) is 17.0 Å². The zero-order valence-corrected chi connectivity index (χ0v) is 14.2. The number of benzene rings is 1. The van der Waals surface area contributed by atoms with Crippen LogP contribution in [-0.2, 0) is 25.6 Å². The molecule has 4 nitrogen and oxygen atoms in total. The van der Waals surface area contributed by atoms with Gasteiger partial charge in [0.25, 0.3) is 0 Å². The van der Waals surface area contributed by atoms with Crippen molar-refractivity contribution in [3.8, 4) is 0 Å². The average molecular weight is 310 g/mol. The van der Waals surface area contributed by atoms with Crippen LogP contribution in [0, 0.1) is 0 Å². The van der Waals surface area contributed by atoms with Crippen molar-refractivity contribution in [1.29, 1.82) is 0 Å². The summed E-state index contributed by atoms with van der Waals surface area (Å²) >= 11 is 0. The standard InChI is InChI=1S/C15H23BO4S/c1-14(2)15(3,4)20-16(19-14)13-8-6-7-12(11-13)9-10-21(5,17)18/h6-8,11H,9-10H2,1-5H3. The Balaban J connectivity index is 2.16. The second-order valence-corrected chi connectivity index (χ2v) is 8.97. The van der Waals surface area contributed by atoms with E-state index in [9.17, 15) is 8.42 Å². The number of hydrogen-bond acceptors (Lipinski definition) is 4. The van der Waals surface area contributed by atoms with Crippen molar-refractivity contribution in [1.82, 2.24) is 0 Å². The lowest BCUT2D eigenvalue weighted by Gasteiger charge is -2.32. The fourth-order valence-electron chi connectivity index (χ4n) is 2.18. The molecule has 116 valence electrons. The monoisotopic (exact) mass is 310 g/mol. The lowest BCUT2D eigenvalue weighted by Crippen LogP contribution is -2.41. The summed E-state index contributed by atoms with van der Waals surface area (Å²) < 4.78 is 34.6. The molecule has 1 saturated heterocycles. The summed E-state index contributed by atoms with van der Waals surface area (Å²) in [5.74, 6) is 0.153. The third kappa shape index (κ3) is 3.87. The van der Waals surface area contributed by atoms with Crippen molar-refractivity contribution < 1.29 is 17.7 Å². The molecule has 0 spiro atoms. The fourth-order valence-corrected chi connectivity index (χ4v) is 2.78. The van der Waals surface area contributed by atoms with E-state index in [-0.39, 0.29) is 17.0 Å². The number of hydrogen-bond donors (Lipinski definition) is 0. The molecule has 2 rings (SSSR count). The molecule has 0 atom stereocenters. The molecule has 1 aromatic rings. The van der Waals surface area contributed by atoms with Gasteiger partial charge in [0.15, 0.2) is 0 Å². The molecule has 0 N–H and O–H groups in total. The minimum atomic E-state index is -2.95. The molecule has 6 heteroatoms. The molecule has 1 aliphatic rings. The van der Waals surface area contributed by atoms with Gasteiger partial charge in [0, 0.05) is 6.26 Å². The highest BCUT2D eigenvalue weighted by Gasteiger charge is 2.51. The Bertz CT molecular complexity index is 606. The Kier molecular flexibility index (Phi) is 4.26. The Labute approximate surface area is 127 Å². The summed E-state index contributed by atoms with van der Waals surface area (Å²) in [7, 11) is -3.36. The van der Waals surface area contributed by atoms with E-state index in [0.29, 0.717) is 6.42 Å². The minimum absolute atomic E-state index is 0.153. The van der Waals surface area contributed by atoms with E-state index in [4.69, 9.17) is 9.31 Å². The molecule has 1 aliphatic heterocycles.